The van der Waals surface area contributed by atoms with Gasteiger partial charge in [0.05, 0.1) is 12.3 Å². The molecule has 2 aromatic carbocycles. The van der Waals surface area contributed by atoms with Crippen LogP contribution in [0.5, 0.6) is 5.75 Å². The van der Waals surface area contributed by atoms with Gasteiger partial charge in [0.25, 0.3) is 5.91 Å². The van der Waals surface area contributed by atoms with Crippen LogP contribution in [0.15, 0.2) is 59.7 Å². The molecule has 0 spiro atoms. The first-order chi connectivity index (χ1) is 10.7. The Hall–Kier alpha value is -2.62. The van der Waals surface area contributed by atoms with Crippen molar-refractivity contribution in [2.24, 2.45) is 5.10 Å². The van der Waals surface area contributed by atoms with Crippen LogP contribution in [0.4, 0.5) is 0 Å². The van der Waals surface area contributed by atoms with Crippen molar-refractivity contribution in [1.82, 2.24) is 5.43 Å². The summed E-state index contributed by atoms with van der Waals surface area (Å²) in [6.07, 6.45) is 0.954. The predicted octanol–water partition coefficient (Wildman–Crippen LogP) is 3.63. The van der Waals surface area contributed by atoms with E-state index in [0.29, 0.717) is 12.2 Å². The first-order valence-corrected chi connectivity index (χ1v) is 7.33. The number of hydrogen-bond donors (Lipinski definition) is 1. The number of rotatable bonds is 6. The molecule has 0 saturated heterocycles. The topological polar surface area (TPSA) is 50.7 Å². The zero-order valence-electron chi connectivity index (χ0n) is 12.9. The molecule has 0 saturated carbocycles. The van der Waals surface area contributed by atoms with Crippen LogP contribution in [0.2, 0.25) is 0 Å². The fourth-order valence-corrected chi connectivity index (χ4v) is 1.87. The van der Waals surface area contributed by atoms with Gasteiger partial charge >= 0.3 is 0 Å². The van der Waals surface area contributed by atoms with Gasteiger partial charge in [0.2, 0.25) is 0 Å². The van der Waals surface area contributed by atoms with Crippen molar-refractivity contribution in [1.29, 1.82) is 0 Å². The summed E-state index contributed by atoms with van der Waals surface area (Å²) in [5, 5.41) is 4.13. The second kappa shape index (κ2) is 7.98. The lowest BCUT2D eigenvalue weighted by atomic mass is 10.1. The Labute approximate surface area is 130 Å². The Morgan fingerprint density at radius 2 is 1.73 bits per heavy atom. The van der Waals surface area contributed by atoms with Crippen molar-refractivity contribution in [3.05, 3.63) is 65.7 Å². The Bertz CT molecular complexity index is 634. The van der Waals surface area contributed by atoms with E-state index in [1.807, 2.05) is 37.3 Å². The van der Waals surface area contributed by atoms with Gasteiger partial charge in [-0.2, -0.15) is 5.10 Å². The molecular weight excluding hydrogens is 276 g/mol. The minimum Gasteiger partial charge on any atom is -0.494 e. The van der Waals surface area contributed by atoms with Crippen molar-refractivity contribution in [3.8, 4) is 5.75 Å². The monoisotopic (exact) mass is 296 g/mol. The molecule has 114 valence electrons. The number of hydrazone groups is 1. The van der Waals surface area contributed by atoms with Crippen molar-refractivity contribution in [2.75, 3.05) is 6.61 Å². The zero-order valence-corrected chi connectivity index (χ0v) is 12.9. The predicted molar refractivity (Wildman–Crippen MR) is 88.3 cm³/mol. The molecule has 1 N–H and O–H groups in total. The lowest BCUT2D eigenvalue weighted by Gasteiger charge is -2.06. The molecule has 0 aliphatic heterocycles. The van der Waals surface area contributed by atoms with Gasteiger partial charge < -0.3 is 4.74 Å². The molecule has 0 bridgehead atoms. The maximum Gasteiger partial charge on any atom is 0.271 e. The molecule has 0 fully saturated rings. The summed E-state index contributed by atoms with van der Waals surface area (Å²) in [7, 11) is 0. The van der Waals surface area contributed by atoms with E-state index in [-0.39, 0.29) is 5.91 Å². The molecule has 1 amide bonds. The number of nitrogens with one attached hydrogen (secondary N) is 1. The number of amides is 1. The van der Waals surface area contributed by atoms with E-state index < -0.39 is 0 Å². The minimum absolute atomic E-state index is 0.239. The molecule has 22 heavy (non-hydrogen) atoms. The van der Waals surface area contributed by atoms with Crippen LogP contribution in [0.25, 0.3) is 0 Å². The van der Waals surface area contributed by atoms with E-state index in [2.05, 4.69) is 17.5 Å². The summed E-state index contributed by atoms with van der Waals surface area (Å²) in [6.45, 7) is 4.58. The lowest BCUT2D eigenvalue weighted by Crippen LogP contribution is -2.19. The lowest BCUT2D eigenvalue weighted by molar-refractivity contribution is 0.0955. The highest BCUT2D eigenvalue weighted by molar-refractivity contribution is 6.00. The standard InChI is InChI=1S/C18H20N2O2/c1-3-13-22-17-11-9-16(10-12-17)18(21)20-19-14(2)15-7-5-4-6-8-15/h4-12H,3,13H2,1-2H3,(H,20,21)/b19-14+. The average Bonchev–Trinajstić information content (AvgIpc) is 2.58. The van der Waals surface area contributed by atoms with E-state index in [0.717, 1.165) is 23.4 Å². The molecule has 0 aliphatic carbocycles. The second-order valence-electron chi connectivity index (χ2n) is 4.88. The van der Waals surface area contributed by atoms with Gasteiger partial charge in [-0.05, 0) is 43.2 Å². The van der Waals surface area contributed by atoms with Crippen molar-refractivity contribution in [3.63, 3.8) is 0 Å². The van der Waals surface area contributed by atoms with Crippen LogP contribution in [-0.2, 0) is 0 Å². The van der Waals surface area contributed by atoms with Crippen molar-refractivity contribution < 1.29 is 9.53 Å². The van der Waals surface area contributed by atoms with Crippen LogP contribution in [0.3, 0.4) is 0 Å². The maximum atomic E-state index is 12.0. The van der Waals surface area contributed by atoms with Gasteiger partial charge in [0.1, 0.15) is 5.75 Å². The maximum absolute atomic E-state index is 12.0. The minimum atomic E-state index is -0.239. The third-order valence-corrected chi connectivity index (χ3v) is 3.11. The number of hydrogen-bond acceptors (Lipinski definition) is 3. The fraction of sp³-hybridized carbons (Fsp3) is 0.222. The van der Waals surface area contributed by atoms with E-state index in [1.54, 1.807) is 24.3 Å². The molecule has 0 radical (unpaired) electrons. The molecule has 0 aromatic heterocycles. The number of carbonyl (C=O) groups is 1. The number of nitrogens with zero attached hydrogens (tertiary/aromatic N) is 1. The summed E-state index contributed by atoms with van der Waals surface area (Å²) in [6, 6.07) is 16.8. The normalized spacial score (nSPS) is 11.1. The van der Waals surface area contributed by atoms with Crippen LogP contribution >= 0.6 is 0 Å². The summed E-state index contributed by atoms with van der Waals surface area (Å²) in [5.74, 6) is 0.527. The highest BCUT2D eigenvalue weighted by Crippen LogP contribution is 2.12. The third-order valence-electron chi connectivity index (χ3n) is 3.11. The molecule has 0 aliphatic rings. The van der Waals surface area contributed by atoms with Gasteiger partial charge in [0.15, 0.2) is 0 Å². The van der Waals surface area contributed by atoms with Gasteiger partial charge in [0, 0.05) is 5.56 Å². The van der Waals surface area contributed by atoms with E-state index in [1.165, 1.54) is 0 Å². The SMILES string of the molecule is CCCOc1ccc(C(=O)N/N=C(\C)c2ccccc2)cc1. The van der Waals surface area contributed by atoms with Crippen LogP contribution in [0, 0.1) is 0 Å². The largest absolute Gasteiger partial charge is 0.494 e. The molecule has 0 heterocycles. The summed E-state index contributed by atoms with van der Waals surface area (Å²) >= 11 is 0. The van der Waals surface area contributed by atoms with E-state index >= 15 is 0 Å². The Balaban J connectivity index is 1.97. The molecule has 0 atom stereocenters. The van der Waals surface area contributed by atoms with Crippen LogP contribution < -0.4 is 10.2 Å². The smallest absolute Gasteiger partial charge is 0.271 e. The molecule has 4 heteroatoms. The van der Waals surface area contributed by atoms with Gasteiger partial charge in [-0.1, -0.05) is 37.3 Å². The number of ether oxygens (including phenoxy) is 1. The fourth-order valence-electron chi connectivity index (χ4n) is 1.87. The van der Waals surface area contributed by atoms with E-state index in [9.17, 15) is 4.79 Å². The summed E-state index contributed by atoms with van der Waals surface area (Å²) < 4.78 is 5.49. The summed E-state index contributed by atoms with van der Waals surface area (Å²) in [4.78, 5) is 12.0. The third kappa shape index (κ3) is 4.45. The number of carbonyl (C=O) groups excluding carboxylic acids is 1. The highest BCUT2D eigenvalue weighted by atomic mass is 16.5. The van der Waals surface area contributed by atoms with Crippen molar-refractivity contribution in [2.45, 2.75) is 20.3 Å². The second-order valence-corrected chi connectivity index (χ2v) is 4.88. The number of benzene rings is 2. The molecule has 0 unspecified atom stereocenters. The summed E-state index contributed by atoms with van der Waals surface area (Å²) in [5.41, 5.74) is 4.86. The van der Waals surface area contributed by atoms with Gasteiger partial charge in [-0.25, -0.2) is 5.43 Å². The van der Waals surface area contributed by atoms with Gasteiger partial charge in [-0.3, -0.25) is 4.79 Å². The Morgan fingerprint density at radius 3 is 2.36 bits per heavy atom. The molecular formula is C18H20N2O2. The first kappa shape index (κ1) is 15.8. The first-order valence-electron chi connectivity index (χ1n) is 7.33. The van der Waals surface area contributed by atoms with Crippen LogP contribution in [-0.4, -0.2) is 18.2 Å². The van der Waals surface area contributed by atoms with E-state index in [4.69, 9.17) is 4.74 Å². The molecule has 2 rings (SSSR count). The van der Waals surface area contributed by atoms with Crippen LogP contribution in [0.1, 0.15) is 36.2 Å². The van der Waals surface area contributed by atoms with Crippen molar-refractivity contribution >= 4 is 11.6 Å². The highest BCUT2D eigenvalue weighted by Gasteiger charge is 2.05. The molecule has 4 nitrogen and oxygen atoms in total. The van der Waals surface area contributed by atoms with Gasteiger partial charge in [-0.15, -0.1) is 0 Å². The molecule has 2 aromatic rings. The zero-order chi connectivity index (χ0) is 15.8. The Morgan fingerprint density at radius 1 is 1.05 bits per heavy atom. The quantitative estimate of drug-likeness (QED) is 0.653. The Kier molecular flexibility index (Phi) is 5.72. The average molecular weight is 296 g/mol.